The number of hydrogen-bond donors (Lipinski definition) is 1. The van der Waals surface area contributed by atoms with Crippen LogP contribution >= 0.6 is 0 Å². The Hall–Kier alpha value is -2.77. The minimum absolute atomic E-state index is 0.0433. The molecule has 144 valence electrons. The summed E-state index contributed by atoms with van der Waals surface area (Å²) in [6.45, 7) is 3.82. The van der Waals surface area contributed by atoms with Crippen molar-refractivity contribution in [3.8, 4) is 0 Å². The van der Waals surface area contributed by atoms with Gasteiger partial charge in [-0.2, -0.15) is 18.3 Å². The number of benzene rings is 1. The second-order valence-electron chi connectivity index (χ2n) is 6.30. The third-order valence-electron chi connectivity index (χ3n) is 4.42. The number of nitrogens with zero attached hydrogens (tertiary/aromatic N) is 2. The first-order chi connectivity index (χ1) is 12.8. The summed E-state index contributed by atoms with van der Waals surface area (Å²) < 4.78 is 47.5. The summed E-state index contributed by atoms with van der Waals surface area (Å²) >= 11 is 0. The molecule has 0 fully saturated rings. The first-order valence-electron chi connectivity index (χ1n) is 8.69. The van der Waals surface area contributed by atoms with Gasteiger partial charge in [0.05, 0.1) is 23.9 Å². The molecule has 27 heavy (non-hydrogen) atoms. The molecule has 0 saturated heterocycles. The van der Waals surface area contributed by atoms with Gasteiger partial charge in [-0.1, -0.05) is 31.5 Å². The minimum atomic E-state index is -4.56. The normalized spacial score (nSPS) is 16.7. The van der Waals surface area contributed by atoms with Crippen LogP contribution in [0.3, 0.4) is 0 Å². The molecule has 0 radical (unpaired) electrons. The van der Waals surface area contributed by atoms with E-state index in [1.54, 1.807) is 13.0 Å². The molecular weight excluding hydrogens is 359 g/mol. The zero-order valence-corrected chi connectivity index (χ0v) is 15.0. The quantitative estimate of drug-likeness (QED) is 0.612. The first-order valence-corrected chi connectivity index (χ1v) is 8.69. The van der Waals surface area contributed by atoms with Crippen LogP contribution in [0.1, 0.15) is 43.9 Å². The monoisotopic (exact) mass is 379 g/mol. The van der Waals surface area contributed by atoms with E-state index in [0.717, 1.165) is 12.5 Å². The summed E-state index contributed by atoms with van der Waals surface area (Å²) in [5.41, 5.74) is -0.270. The Kier molecular flexibility index (Phi) is 5.25. The van der Waals surface area contributed by atoms with Crippen molar-refractivity contribution in [3.05, 3.63) is 58.9 Å². The van der Waals surface area contributed by atoms with Crippen molar-refractivity contribution in [2.24, 2.45) is 0 Å². The summed E-state index contributed by atoms with van der Waals surface area (Å²) in [7, 11) is 0. The van der Waals surface area contributed by atoms with Crippen molar-refractivity contribution in [1.82, 2.24) is 9.78 Å². The second-order valence-corrected chi connectivity index (χ2v) is 6.30. The number of hydrogen-bond acceptors (Lipinski definition) is 4. The number of halogens is 3. The summed E-state index contributed by atoms with van der Waals surface area (Å²) in [5, 5.41) is 7.16. The van der Waals surface area contributed by atoms with Gasteiger partial charge < -0.3 is 10.1 Å². The lowest BCUT2D eigenvalue weighted by atomic mass is 9.91. The number of ether oxygens (including phenoxy) is 1. The predicted octanol–water partition coefficient (Wildman–Crippen LogP) is 4.53. The van der Waals surface area contributed by atoms with Crippen molar-refractivity contribution >= 4 is 11.8 Å². The molecule has 0 amide bonds. The molecule has 1 aromatic heterocycles. The zero-order valence-electron chi connectivity index (χ0n) is 15.0. The van der Waals surface area contributed by atoms with E-state index >= 15 is 0 Å². The smallest absolute Gasteiger partial charge is 0.416 e. The molecule has 1 aliphatic heterocycles. The molecule has 1 unspecified atom stereocenters. The highest BCUT2D eigenvalue weighted by Crippen LogP contribution is 2.41. The lowest BCUT2D eigenvalue weighted by Gasteiger charge is -2.30. The lowest BCUT2D eigenvalue weighted by molar-refractivity contribution is -0.141. The van der Waals surface area contributed by atoms with Gasteiger partial charge in [-0.15, -0.1) is 0 Å². The van der Waals surface area contributed by atoms with Crippen LogP contribution in [-0.4, -0.2) is 22.4 Å². The minimum Gasteiger partial charge on any atom is -0.462 e. The summed E-state index contributed by atoms with van der Waals surface area (Å²) in [6.07, 6.45) is -1.56. The molecule has 2 aromatic rings. The number of aromatic nitrogens is 2. The molecule has 0 saturated carbocycles. The highest BCUT2D eigenvalue weighted by atomic mass is 19.4. The largest absolute Gasteiger partial charge is 0.462 e. The van der Waals surface area contributed by atoms with E-state index in [1.807, 2.05) is 6.92 Å². The van der Waals surface area contributed by atoms with Crippen LogP contribution in [0.4, 0.5) is 19.0 Å². The zero-order chi connectivity index (χ0) is 19.6. The number of allylic oxidation sites excluding steroid dienone is 1. The number of nitrogens with one attached hydrogen (secondary N) is 1. The SMILES string of the molecule is CCCCOC(=O)C1=C(C)Nc2ccnn2C1c1ccccc1C(F)(F)F. The van der Waals surface area contributed by atoms with Gasteiger partial charge in [0.1, 0.15) is 11.9 Å². The van der Waals surface area contributed by atoms with Gasteiger partial charge in [0, 0.05) is 11.8 Å². The molecule has 0 bridgehead atoms. The molecule has 1 aliphatic rings. The molecule has 1 aromatic carbocycles. The number of anilines is 1. The van der Waals surface area contributed by atoms with E-state index in [0.29, 0.717) is 17.9 Å². The van der Waals surface area contributed by atoms with E-state index in [-0.39, 0.29) is 17.7 Å². The maximum absolute atomic E-state index is 13.6. The first kappa shape index (κ1) is 19.0. The van der Waals surface area contributed by atoms with E-state index in [2.05, 4.69) is 10.4 Å². The number of unbranched alkanes of at least 4 members (excludes halogenated alkanes) is 1. The topological polar surface area (TPSA) is 56.1 Å². The highest BCUT2D eigenvalue weighted by molar-refractivity contribution is 5.92. The molecule has 8 heteroatoms. The Balaban J connectivity index is 2.12. The fourth-order valence-electron chi connectivity index (χ4n) is 3.14. The number of rotatable bonds is 5. The summed E-state index contributed by atoms with van der Waals surface area (Å²) in [6, 6.07) is 5.85. The van der Waals surface area contributed by atoms with Crippen molar-refractivity contribution in [2.45, 2.75) is 38.9 Å². The maximum atomic E-state index is 13.6. The van der Waals surface area contributed by atoms with E-state index in [4.69, 9.17) is 4.74 Å². The Morgan fingerprint density at radius 2 is 2.04 bits per heavy atom. The molecule has 1 N–H and O–H groups in total. The standard InChI is InChI=1S/C19H20F3N3O2/c1-3-4-11-27-18(26)16-12(2)24-15-9-10-23-25(15)17(16)13-7-5-6-8-14(13)19(20,21)22/h5-10,17,24H,3-4,11H2,1-2H3. The Bertz CT molecular complexity index is 871. The third kappa shape index (κ3) is 3.70. The van der Waals surface area contributed by atoms with E-state index in [1.165, 1.54) is 29.1 Å². The van der Waals surface area contributed by atoms with Crippen molar-refractivity contribution < 1.29 is 22.7 Å². The highest BCUT2D eigenvalue weighted by Gasteiger charge is 2.40. The molecule has 0 spiro atoms. The van der Waals surface area contributed by atoms with Gasteiger partial charge in [0.15, 0.2) is 0 Å². The van der Waals surface area contributed by atoms with Crippen LogP contribution in [0.25, 0.3) is 0 Å². The molecule has 3 rings (SSSR count). The predicted molar refractivity (Wildman–Crippen MR) is 94.0 cm³/mol. The van der Waals surface area contributed by atoms with Crippen molar-refractivity contribution in [3.63, 3.8) is 0 Å². The van der Waals surface area contributed by atoms with Crippen LogP contribution < -0.4 is 5.32 Å². The Labute approximate surface area is 154 Å². The Morgan fingerprint density at radius 3 is 2.74 bits per heavy atom. The van der Waals surface area contributed by atoms with Crippen molar-refractivity contribution in [1.29, 1.82) is 0 Å². The second kappa shape index (κ2) is 7.46. The molecular formula is C19H20F3N3O2. The van der Waals surface area contributed by atoms with Gasteiger partial charge in [0.2, 0.25) is 0 Å². The molecule has 0 aliphatic carbocycles. The van der Waals surface area contributed by atoms with Crippen LogP contribution in [0.5, 0.6) is 0 Å². The average Bonchev–Trinajstić information content (AvgIpc) is 3.07. The number of alkyl halides is 3. The van der Waals surface area contributed by atoms with Crippen LogP contribution in [0, 0.1) is 0 Å². The van der Waals surface area contributed by atoms with Gasteiger partial charge in [-0.25, -0.2) is 9.48 Å². The molecule has 5 nitrogen and oxygen atoms in total. The van der Waals surface area contributed by atoms with Crippen molar-refractivity contribution in [2.75, 3.05) is 11.9 Å². The lowest BCUT2D eigenvalue weighted by Crippen LogP contribution is -2.31. The van der Waals surface area contributed by atoms with Gasteiger partial charge in [-0.05, 0) is 25.0 Å². The average molecular weight is 379 g/mol. The summed E-state index contributed by atoms with van der Waals surface area (Å²) in [4.78, 5) is 12.7. The van der Waals surface area contributed by atoms with Gasteiger partial charge in [-0.3, -0.25) is 0 Å². The molecule has 1 atom stereocenters. The van der Waals surface area contributed by atoms with E-state index < -0.39 is 23.8 Å². The van der Waals surface area contributed by atoms with E-state index in [9.17, 15) is 18.0 Å². The third-order valence-corrected chi connectivity index (χ3v) is 4.42. The van der Waals surface area contributed by atoms with Gasteiger partial charge in [0.25, 0.3) is 0 Å². The maximum Gasteiger partial charge on any atom is 0.416 e. The number of carbonyl (C=O) groups is 1. The fourth-order valence-corrected chi connectivity index (χ4v) is 3.14. The van der Waals surface area contributed by atoms with Gasteiger partial charge >= 0.3 is 12.1 Å². The summed E-state index contributed by atoms with van der Waals surface area (Å²) in [5.74, 6) is -0.129. The molecule has 2 heterocycles. The fraction of sp³-hybridized carbons (Fsp3) is 0.368. The number of fused-ring (bicyclic) bond motifs is 1. The number of esters is 1. The number of carbonyl (C=O) groups excluding carboxylic acids is 1. The van der Waals surface area contributed by atoms with Crippen LogP contribution in [-0.2, 0) is 15.7 Å². The van der Waals surface area contributed by atoms with Crippen LogP contribution in [0.15, 0.2) is 47.8 Å². The van der Waals surface area contributed by atoms with Crippen LogP contribution in [0.2, 0.25) is 0 Å². The Morgan fingerprint density at radius 1 is 1.30 bits per heavy atom.